The van der Waals surface area contributed by atoms with Crippen LogP contribution in [0.25, 0.3) is 28.0 Å². The second-order valence-corrected chi connectivity index (χ2v) is 7.27. The van der Waals surface area contributed by atoms with E-state index < -0.39 is 5.63 Å². The van der Waals surface area contributed by atoms with Crippen molar-refractivity contribution in [2.24, 2.45) is 0 Å². The van der Waals surface area contributed by atoms with E-state index in [-0.39, 0.29) is 22.5 Å². The van der Waals surface area contributed by atoms with E-state index in [9.17, 15) is 9.59 Å². The minimum atomic E-state index is -0.587. The molecule has 4 rings (SSSR count). The number of rotatable bonds is 5. The van der Waals surface area contributed by atoms with E-state index >= 15 is 0 Å². The van der Waals surface area contributed by atoms with Crippen molar-refractivity contribution in [2.75, 3.05) is 0 Å². The van der Waals surface area contributed by atoms with Crippen LogP contribution in [-0.4, -0.2) is 6.10 Å². The Morgan fingerprint density at radius 3 is 2.64 bits per heavy atom. The molecule has 3 heterocycles. The summed E-state index contributed by atoms with van der Waals surface area (Å²) in [7, 11) is 0. The van der Waals surface area contributed by atoms with Gasteiger partial charge in [-0.15, -0.1) is 0 Å². The molecule has 1 radical (unpaired) electrons. The summed E-state index contributed by atoms with van der Waals surface area (Å²) in [5.74, 6) is 1.11. The highest BCUT2D eigenvalue weighted by atomic mass is 16.5. The van der Waals surface area contributed by atoms with E-state index in [0.717, 1.165) is 36.8 Å². The first kappa shape index (κ1) is 18.5. The lowest BCUT2D eigenvalue weighted by molar-refractivity contribution is 0.236. The topological polar surface area (TPSA) is 69.7 Å². The maximum absolute atomic E-state index is 12.8. The first-order valence-electron chi connectivity index (χ1n) is 9.87. The molecule has 5 nitrogen and oxygen atoms in total. The van der Waals surface area contributed by atoms with E-state index in [4.69, 9.17) is 13.6 Å². The van der Waals surface area contributed by atoms with Crippen LogP contribution in [0.1, 0.15) is 56.4 Å². The molecule has 0 saturated carbocycles. The number of ether oxygens (including phenoxy) is 1. The SMILES string of the molecule is CCCCc1[c]c(=O)oc2c1c1c(c3oc(C)cc(=O)c32)C=CC(CCC)O1. The minimum absolute atomic E-state index is 0.0689. The molecule has 28 heavy (non-hydrogen) atoms. The van der Waals surface area contributed by atoms with Crippen LogP contribution in [0.2, 0.25) is 0 Å². The van der Waals surface area contributed by atoms with Gasteiger partial charge in [-0.05, 0) is 43.9 Å². The van der Waals surface area contributed by atoms with Crippen LogP contribution in [0, 0.1) is 13.0 Å². The Hall–Kier alpha value is -2.82. The normalized spacial score (nSPS) is 15.8. The number of unbranched alkanes of at least 4 members (excludes halogenated alkanes) is 1. The van der Waals surface area contributed by atoms with Gasteiger partial charge in [0.2, 0.25) is 0 Å². The lowest BCUT2D eigenvalue weighted by Crippen LogP contribution is -2.18. The Bertz CT molecular complexity index is 1200. The van der Waals surface area contributed by atoms with Gasteiger partial charge in [-0.25, -0.2) is 4.79 Å². The molecule has 0 amide bonds. The smallest absolute Gasteiger partial charge is 0.344 e. The Labute approximate surface area is 162 Å². The summed E-state index contributed by atoms with van der Waals surface area (Å²) in [6, 6.07) is 4.24. The van der Waals surface area contributed by atoms with Gasteiger partial charge in [0.15, 0.2) is 16.6 Å². The summed E-state index contributed by atoms with van der Waals surface area (Å²) in [5.41, 5.74) is 1.27. The van der Waals surface area contributed by atoms with Gasteiger partial charge in [0.1, 0.15) is 23.0 Å². The zero-order chi connectivity index (χ0) is 19.8. The molecule has 1 atom stereocenters. The van der Waals surface area contributed by atoms with Gasteiger partial charge in [0.25, 0.3) is 0 Å². The van der Waals surface area contributed by atoms with Crippen LogP contribution >= 0.6 is 0 Å². The molecule has 145 valence electrons. The van der Waals surface area contributed by atoms with Crippen molar-refractivity contribution in [3.05, 3.63) is 55.7 Å². The molecular formula is C23H23O5. The summed E-state index contributed by atoms with van der Waals surface area (Å²) < 4.78 is 17.7. The van der Waals surface area contributed by atoms with Gasteiger partial charge in [-0.3, -0.25) is 4.79 Å². The van der Waals surface area contributed by atoms with E-state index in [0.29, 0.717) is 28.9 Å². The van der Waals surface area contributed by atoms with Crippen molar-refractivity contribution < 1.29 is 13.6 Å². The molecule has 1 unspecified atom stereocenters. The van der Waals surface area contributed by atoms with Crippen molar-refractivity contribution in [2.45, 2.75) is 59.0 Å². The van der Waals surface area contributed by atoms with Crippen molar-refractivity contribution in [1.82, 2.24) is 0 Å². The Morgan fingerprint density at radius 1 is 1.07 bits per heavy atom. The van der Waals surface area contributed by atoms with Gasteiger partial charge in [-0.2, -0.15) is 0 Å². The van der Waals surface area contributed by atoms with E-state index in [1.165, 1.54) is 6.07 Å². The average molecular weight is 379 g/mol. The zero-order valence-corrected chi connectivity index (χ0v) is 16.4. The lowest BCUT2D eigenvalue weighted by atomic mass is 9.96. The minimum Gasteiger partial charge on any atom is -0.485 e. The highest BCUT2D eigenvalue weighted by Crippen LogP contribution is 2.42. The maximum atomic E-state index is 12.8. The van der Waals surface area contributed by atoms with E-state index in [2.05, 4.69) is 19.9 Å². The average Bonchev–Trinajstić information content (AvgIpc) is 2.65. The quantitative estimate of drug-likeness (QED) is 0.465. The third kappa shape index (κ3) is 3.05. The first-order chi connectivity index (χ1) is 13.5. The van der Waals surface area contributed by atoms with Gasteiger partial charge in [0, 0.05) is 6.07 Å². The van der Waals surface area contributed by atoms with Crippen LogP contribution in [-0.2, 0) is 6.42 Å². The van der Waals surface area contributed by atoms with Crippen molar-refractivity contribution in [3.63, 3.8) is 0 Å². The molecular weight excluding hydrogens is 356 g/mol. The third-order valence-corrected chi connectivity index (χ3v) is 5.09. The summed E-state index contributed by atoms with van der Waals surface area (Å²) in [6.45, 7) is 5.92. The molecule has 0 saturated heterocycles. The molecule has 0 spiro atoms. The predicted octanol–water partition coefficient (Wildman–Crippen LogP) is 4.92. The summed E-state index contributed by atoms with van der Waals surface area (Å²) in [6.07, 6.45) is 8.28. The van der Waals surface area contributed by atoms with Crippen LogP contribution in [0.3, 0.4) is 0 Å². The molecule has 0 bridgehead atoms. The monoisotopic (exact) mass is 379 g/mol. The van der Waals surface area contributed by atoms with Crippen molar-refractivity contribution in [1.29, 1.82) is 0 Å². The van der Waals surface area contributed by atoms with Crippen molar-refractivity contribution in [3.8, 4) is 5.75 Å². The molecule has 1 aliphatic heterocycles. The van der Waals surface area contributed by atoms with Gasteiger partial charge < -0.3 is 13.6 Å². The first-order valence-corrected chi connectivity index (χ1v) is 9.87. The number of aryl methyl sites for hydroxylation is 2. The highest BCUT2D eigenvalue weighted by Gasteiger charge is 2.27. The fourth-order valence-corrected chi connectivity index (χ4v) is 3.81. The summed E-state index contributed by atoms with van der Waals surface area (Å²) in [5, 5.41) is 0.947. The van der Waals surface area contributed by atoms with Crippen LogP contribution in [0.15, 0.2) is 30.6 Å². The summed E-state index contributed by atoms with van der Waals surface area (Å²) in [4.78, 5) is 25.0. The third-order valence-electron chi connectivity index (χ3n) is 5.09. The largest absolute Gasteiger partial charge is 0.485 e. The van der Waals surface area contributed by atoms with E-state index in [1.807, 2.05) is 12.2 Å². The highest BCUT2D eigenvalue weighted by molar-refractivity contribution is 6.10. The fourth-order valence-electron chi connectivity index (χ4n) is 3.81. The molecule has 1 aliphatic rings. The van der Waals surface area contributed by atoms with Gasteiger partial charge in [0.05, 0.1) is 17.0 Å². The number of hydrogen-bond donors (Lipinski definition) is 0. The lowest BCUT2D eigenvalue weighted by Gasteiger charge is -2.24. The molecule has 3 aromatic rings. The second-order valence-electron chi connectivity index (χ2n) is 7.27. The maximum Gasteiger partial charge on any atom is 0.344 e. The fraction of sp³-hybridized carbons (Fsp3) is 0.391. The van der Waals surface area contributed by atoms with E-state index in [1.54, 1.807) is 6.92 Å². The standard InChI is InChI=1S/C23H23O5/c1-4-6-8-14-12-18(25)28-23-19(14)21-16(10-9-15(27-21)7-5-2)22-20(23)17(24)11-13(3)26-22/h9-11,15H,4-8H2,1-3H3. The number of benzene rings is 1. The molecule has 1 aromatic carbocycles. The van der Waals surface area contributed by atoms with Gasteiger partial charge in [-0.1, -0.05) is 26.7 Å². The van der Waals surface area contributed by atoms with Crippen molar-refractivity contribution >= 4 is 28.0 Å². The Morgan fingerprint density at radius 2 is 1.89 bits per heavy atom. The molecule has 2 aromatic heterocycles. The summed E-state index contributed by atoms with van der Waals surface area (Å²) >= 11 is 0. The number of hydrogen-bond acceptors (Lipinski definition) is 5. The Balaban J connectivity index is 2.16. The van der Waals surface area contributed by atoms with Crippen LogP contribution < -0.4 is 15.8 Å². The Kier molecular flexibility index (Phi) is 4.84. The second kappa shape index (κ2) is 7.30. The van der Waals surface area contributed by atoms with Gasteiger partial charge >= 0.3 is 5.63 Å². The van der Waals surface area contributed by atoms with Crippen LogP contribution in [0.5, 0.6) is 5.75 Å². The molecule has 0 N–H and O–H groups in total. The number of fused-ring (bicyclic) bond motifs is 6. The predicted molar refractivity (Wildman–Crippen MR) is 109 cm³/mol. The van der Waals surface area contributed by atoms with Crippen LogP contribution in [0.4, 0.5) is 0 Å². The molecule has 5 heteroatoms. The molecule has 0 aliphatic carbocycles. The zero-order valence-electron chi connectivity index (χ0n) is 16.4. The molecule has 0 fully saturated rings.